The van der Waals surface area contributed by atoms with Crippen molar-refractivity contribution >= 4 is 24.4 Å². The first kappa shape index (κ1) is 12.0. The second kappa shape index (κ2) is 4.79. The summed E-state index contributed by atoms with van der Waals surface area (Å²) in [5.41, 5.74) is 0.512. The summed E-state index contributed by atoms with van der Waals surface area (Å²) >= 11 is 3.35. The maximum Gasteiger partial charge on any atom is 0.306 e. The van der Waals surface area contributed by atoms with E-state index in [-0.39, 0.29) is 18.8 Å². The fourth-order valence-corrected chi connectivity index (χ4v) is 2.00. The first-order valence-electron chi connectivity index (χ1n) is 5.21. The fourth-order valence-electron chi connectivity index (χ4n) is 1.77. The zero-order valence-corrected chi connectivity index (χ0v) is 10.4. The molecule has 0 saturated carbocycles. The molecule has 1 aromatic rings. The minimum Gasteiger partial charge on any atom is -0.492 e. The number of benzene rings is 1. The fraction of sp³-hybridized carbons (Fsp3) is 0.333. The number of methoxy groups -OCH3 is 1. The monoisotopic (exact) mass is 253 g/mol. The number of ether oxygens (including phenoxy) is 2. The van der Waals surface area contributed by atoms with Gasteiger partial charge in [-0.15, -0.1) is 0 Å². The SMILES string of the molecule is COC(=O)CC1COc2ccc([SH2+])cc2C1=O. The van der Waals surface area contributed by atoms with Crippen molar-refractivity contribution in [3.63, 3.8) is 0 Å². The summed E-state index contributed by atoms with van der Waals surface area (Å²) in [6.07, 6.45) is 0.0563. The topological polar surface area (TPSA) is 52.6 Å². The van der Waals surface area contributed by atoms with Crippen molar-refractivity contribution in [2.24, 2.45) is 5.92 Å². The molecule has 0 aromatic heterocycles. The molecule has 0 N–H and O–H groups in total. The molecule has 0 aliphatic carbocycles. The van der Waals surface area contributed by atoms with Crippen molar-refractivity contribution in [3.05, 3.63) is 23.8 Å². The Morgan fingerprint density at radius 2 is 2.35 bits per heavy atom. The van der Waals surface area contributed by atoms with Crippen LogP contribution in [0.5, 0.6) is 5.75 Å². The van der Waals surface area contributed by atoms with Gasteiger partial charge in [0, 0.05) is 6.07 Å². The van der Waals surface area contributed by atoms with E-state index >= 15 is 0 Å². The summed E-state index contributed by atoms with van der Waals surface area (Å²) < 4.78 is 10.0. The number of fused-ring (bicyclic) bond motifs is 1. The third kappa shape index (κ3) is 2.44. The Balaban J connectivity index is 2.23. The Morgan fingerprint density at radius 3 is 3.06 bits per heavy atom. The number of Topliss-reactive ketones (excluding diaryl/α,β-unsaturated/α-hetero) is 1. The van der Waals surface area contributed by atoms with Crippen molar-refractivity contribution in [3.8, 4) is 5.75 Å². The molecule has 0 saturated heterocycles. The van der Waals surface area contributed by atoms with E-state index in [1.807, 2.05) is 6.07 Å². The molecule has 0 spiro atoms. The first-order valence-corrected chi connectivity index (χ1v) is 5.71. The molecule has 0 amide bonds. The van der Waals surface area contributed by atoms with E-state index in [9.17, 15) is 9.59 Å². The summed E-state index contributed by atoms with van der Waals surface area (Å²) in [5.74, 6) is -0.358. The van der Waals surface area contributed by atoms with Crippen LogP contribution >= 0.6 is 0 Å². The van der Waals surface area contributed by atoms with E-state index < -0.39 is 11.9 Å². The van der Waals surface area contributed by atoms with Crippen molar-refractivity contribution in [1.82, 2.24) is 0 Å². The molecule has 90 valence electrons. The molecule has 4 nitrogen and oxygen atoms in total. The zero-order valence-electron chi connectivity index (χ0n) is 9.36. The predicted octanol–water partition coefficient (Wildman–Crippen LogP) is 0.811. The normalized spacial score (nSPS) is 18.2. The highest BCUT2D eigenvalue weighted by Gasteiger charge is 2.31. The number of hydrogen-bond donors (Lipinski definition) is 0. The van der Waals surface area contributed by atoms with Gasteiger partial charge in [-0.25, -0.2) is 0 Å². The molecule has 1 heterocycles. The highest BCUT2D eigenvalue weighted by Crippen LogP contribution is 2.29. The largest absolute Gasteiger partial charge is 0.492 e. The van der Waals surface area contributed by atoms with Crippen LogP contribution in [0, 0.1) is 5.92 Å². The van der Waals surface area contributed by atoms with Gasteiger partial charge in [-0.05, 0) is 24.8 Å². The van der Waals surface area contributed by atoms with Gasteiger partial charge in [-0.2, -0.15) is 0 Å². The third-order valence-electron chi connectivity index (χ3n) is 2.70. The molecule has 5 heteroatoms. The van der Waals surface area contributed by atoms with Gasteiger partial charge in [0.05, 0.1) is 31.6 Å². The van der Waals surface area contributed by atoms with Gasteiger partial charge in [0.2, 0.25) is 0 Å². The van der Waals surface area contributed by atoms with E-state index in [0.717, 1.165) is 4.90 Å². The van der Waals surface area contributed by atoms with Crippen LogP contribution in [-0.4, -0.2) is 25.5 Å². The average molecular weight is 253 g/mol. The van der Waals surface area contributed by atoms with Gasteiger partial charge in [0.15, 0.2) is 10.7 Å². The van der Waals surface area contributed by atoms with Crippen LogP contribution in [-0.2, 0) is 22.2 Å². The second-order valence-electron chi connectivity index (χ2n) is 3.86. The summed E-state index contributed by atoms with van der Waals surface area (Å²) in [4.78, 5) is 24.1. The van der Waals surface area contributed by atoms with Crippen molar-refractivity contribution in [1.29, 1.82) is 0 Å². The lowest BCUT2D eigenvalue weighted by Crippen LogP contribution is -2.30. The average Bonchev–Trinajstić information content (AvgIpc) is 2.33. The first-order chi connectivity index (χ1) is 8.11. The smallest absolute Gasteiger partial charge is 0.306 e. The molecule has 1 unspecified atom stereocenters. The number of carbonyl (C=O) groups excluding carboxylic acids is 2. The number of carbonyl (C=O) groups is 2. The van der Waals surface area contributed by atoms with Gasteiger partial charge in [0.25, 0.3) is 0 Å². The molecule has 1 aromatic carbocycles. The molecule has 17 heavy (non-hydrogen) atoms. The second-order valence-corrected chi connectivity index (χ2v) is 4.44. The molecule has 2 rings (SSSR count). The van der Waals surface area contributed by atoms with Crippen LogP contribution in [0.15, 0.2) is 23.1 Å². The van der Waals surface area contributed by atoms with Crippen LogP contribution in [0.3, 0.4) is 0 Å². The lowest BCUT2D eigenvalue weighted by molar-refractivity contribution is -0.141. The van der Waals surface area contributed by atoms with Crippen LogP contribution in [0.4, 0.5) is 0 Å². The molecular formula is C12H13O4S+. The van der Waals surface area contributed by atoms with Crippen LogP contribution in [0.25, 0.3) is 0 Å². The summed E-state index contributed by atoms with van der Waals surface area (Å²) in [5, 5.41) is 0. The highest BCUT2D eigenvalue weighted by atomic mass is 32.1. The van der Waals surface area contributed by atoms with Gasteiger partial charge < -0.3 is 9.47 Å². The number of esters is 1. The van der Waals surface area contributed by atoms with Crippen molar-refractivity contribution in [2.75, 3.05) is 13.7 Å². The van der Waals surface area contributed by atoms with Crippen LogP contribution in [0.1, 0.15) is 16.8 Å². The minimum atomic E-state index is -0.455. The molecule has 1 atom stereocenters. The quantitative estimate of drug-likeness (QED) is 0.578. The van der Waals surface area contributed by atoms with E-state index in [1.54, 1.807) is 12.1 Å². The van der Waals surface area contributed by atoms with Crippen molar-refractivity contribution < 1.29 is 19.1 Å². The number of hydrogen-bond acceptors (Lipinski definition) is 4. The predicted molar refractivity (Wildman–Crippen MR) is 64.8 cm³/mol. The van der Waals surface area contributed by atoms with E-state index in [4.69, 9.17) is 4.74 Å². The zero-order chi connectivity index (χ0) is 12.4. The summed E-state index contributed by atoms with van der Waals surface area (Å²) in [7, 11) is 1.31. The van der Waals surface area contributed by atoms with Gasteiger partial charge in [-0.1, -0.05) is 0 Å². The molecule has 0 fully saturated rings. The van der Waals surface area contributed by atoms with E-state index in [0.29, 0.717) is 11.3 Å². The van der Waals surface area contributed by atoms with E-state index in [2.05, 4.69) is 17.4 Å². The summed E-state index contributed by atoms with van der Waals surface area (Å²) in [6.45, 7) is 0.224. The molecular weight excluding hydrogens is 240 g/mol. The number of rotatable bonds is 2. The van der Waals surface area contributed by atoms with Gasteiger partial charge in [-0.3, -0.25) is 9.59 Å². The van der Waals surface area contributed by atoms with Crippen LogP contribution in [0.2, 0.25) is 0 Å². The Kier molecular flexibility index (Phi) is 3.38. The van der Waals surface area contributed by atoms with Crippen LogP contribution < -0.4 is 4.74 Å². The Hall–Kier alpha value is -1.49. The molecule has 0 radical (unpaired) electrons. The Morgan fingerprint density at radius 1 is 1.59 bits per heavy atom. The lowest BCUT2D eigenvalue weighted by atomic mass is 9.92. The summed E-state index contributed by atoms with van der Waals surface area (Å²) in [6, 6.07) is 5.26. The maximum absolute atomic E-state index is 12.1. The standard InChI is InChI=1S/C12H12O4S/c1-15-11(13)4-7-6-16-10-3-2-8(17)5-9(10)12(7)14/h2-3,5,7,17H,4,6H2,1H3/p+1. The lowest BCUT2D eigenvalue weighted by Gasteiger charge is -2.23. The van der Waals surface area contributed by atoms with Gasteiger partial charge >= 0.3 is 5.97 Å². The number of ketones is 1. The molecule has 0 bridgehead atoms. The van der Waals surface area contributed by atoms with Crippen molar-refractivity contribution in [2.45, 2.75) is 11.3 Å². The minimum absolute atomic E-state index is 0.0563. The highest BCUT2D eigenvalue weighted by molar-refractivity contribution is 7.58. The molecule has 1 aliphatic heterocycles. The Labute approximate surface area is 104 Å². The van der Waals surface area contributed by atoms with Gasteiger partial charge in [0.1, 0.15) is 5.75 Å². The molecule has 1 aliphatic rings. The maximum atomic E-state index is 12.1. The van der Waals surface area contributed by atoms with E-state index in [1.165, 1.54) is 7.11 Å². The third-order valence-corrected chi connectivity index (χ3v) is 3.01. The Bertz CT molecular complexity index is 470.